The van der Waals surface area contributed by atoms with Crippen LogP contribution in [0.2, 0.25) is 0 Å². The van der Waals surface area contributed by atoms with Crippen molar-refractivity contribution in [1.82, 2.24) is 10.3 Å². The lowest BCUT2D eigenvalue weighted by Crippen LogP contribution is -2.32. The molecule has 1 aromatic heterocycles. The number of rotatable bonds is 4. The number of amides is 1. The number of anilines is 1. The number of nitrogens with two attached hydrogens (primary N) is 1. The zero-order valence-electron chi connectivity index (χ0n) is 10.2. The van der Waals surface area contributed by atoms with E-state index in [1.807, 2.05) is 6.92 Å². The number of aromatic nitrogens is 1. The van der Waals surface area contributed by atoms with E-state index >= 15 is 0 Å². The molecular formula is C11H17N3O2S. The highest BCUT2D eigenvalue weighted by atomic mass is 32.2. The molecule has 0 aliphatic heterocycles. The van der Waals surface area contributed by atoms with Crippen LogP contribution in [0.5, 0.6) is 0 Å². The van der Waals surface area contributed by atoms with Gasteiger partial charge in [-0.05, 0) is 26.0 Å². The van der Waals surface area contributed by atoms with Crippen molar-refractivity contribution in [3.8, 4) is 0 Å². The Morgan fingerprint density at radius 1 is 1.59 bits per heavy atom. The standard InChI is InChI=1S/C11H17N3O2S/c1-7-4-9(5-10(12)14-7)11(15)13-6-8(2)17(3)16/h4-5,8H,6H2,1-3H3,(H2,12,14)(H,13,15). The maximum atomic E-state index is 11.8. The van der Waals surface area contributed by atoms with Crippen LogP contribution in [-0.2, 0) is 10.8 Å². The Morgan fingerprint density at radius 3 is 2.76 bits per heavy atom. The summed E-state index contributed by atoms with van der Waals surface area (Å²) in [5.74, 6) is 0.0989. The highest BCUT2D eigenvalue weighted by molar-refractivity contribution is 7.84. The lowest BCUT2D eigenvalue weighted by atomic mass is 10.2. The van der Waals surface area contributed by atoms with Gasteiger partial charge in [-0.2, -0.15) is 0 Å². The zero-order chi connectivity index (χ0) is 13.0. The Balaban J connectivity index is 2.67. The molecule has 6 heteroatoms. The second-order valence-corrected chi connectivity index (χ2v) is 5.74. The summed E-state index contributed by atoms with van der Waals surface area (Å²) in [6.07, 6.45) is 1.62. The first-order valence-electron chi connectivity index (χ1n) is 5.24. The monoisotopic (exact) mass is 255 g/mol. The van der Waals surface area contributed by atoms with E-state index in [1.54, 1.807) is 19.2 Å². The smallest absolute Gasteiger partial charge is 0.251 e. The van der Waals surface area contributed by atoms with Crippen molar-refractivity contribution in [2.75, 3.05) is 18.5 Å². The van der Waals surface area contributed by atoms with Crippen LogP contribution in [0, 0.1) is 6.92 Å². The molecule has 1 amide bonds. The van der Waals surface area contributed by atoms with E-state index in [4.69, 9.17) is 5.73 Å². The normalized spacial score (nSPS) is 14.1. The van der Waals surface area contributed by atoms with Crippen LogP contribution in [0.1, 0.15) is 23.0 Å². The number of pyridine rings is 1. The molecule has 1 aromatic rings. The molecular weight excluding hydrogens is 238 g/mol. The summed E-state index contributed by atoms with van der Waals surface area (Å²) in [5.41, 5.74) is 6.73. The molecule has 2 atom stereocenters. The molecule has 0 saturated carbocycles. The van der Waals surface area contributed by atoms with E-state index in [-0.39, 0.29) is 11.2 Å². The molecule has 0 bridgehead atoms. The Hall–Kier alpha value is -1.43. The molecule has 3 N–H and O–H groups in total. The van der Waals surface area contributed by atoms with Crippen LogP contribution >= 0.6 is 0 Å². The van der Waals surface area contributed by atoms with E-state index in [0.717, 1.165) is 0 Å². The lowest BCUT2D eigenvalue weighted by molar-refractivity contribution is 0.0954. The van der Waals surface area contributed by atoms with Crippen molar-refractivity contribution in [3.05, 3.63) is 23.4 Å². The molecule has 0 fully saturated rings. The minimum Gasteiger partial charge on any atom is -0.384 e. The quantitative estimate of drug-likeness (QED) is 0.819. The number of nitrogens with one attached hydrogen (secondary N) is 1. The number of nitrogens with zero attached hydrogens (tertiary/aromatic N) is 1. The largest absolute Gasteiger partial charge is 0.384 e. The van der Waals surface area contributed by atoms with Gasteiger partial charge in [-0.15, -0.1) is 0 Å². The zero-order valence-corrected chi connectivity index (χ0v) is 11.0. The van der Waals surface area contributed by atoms with Crippen LogP contribution < -0.4 is 11.1 Å². The maximum absolute atomic E-state index is 11.8. The fraction of sp³-hybridized carbons (Fsp3) is 0.455. The summed E-state index contributed by atoms with van der Waals surface area (Å²) in [6, 6.07) is 3.19. The summed E-state index contributed by atoms with van der Waals surface area (Å²) in [6.45, 7) is 3.97. The van der Waals surface area contributed by atoms with Crippen molar-refractivity contribution in [2.45, 2.75) is 19.1 Å². The van der Waals surface area contributed by atoms with Gasteiger partial charge in [-0.1, -0.05) is 0 Å². The van der Waals surface area contributed by atoms with Crippen molar-refractivity contribution < 1.29 is 9.00 Å². The van der Waals surface area contributed by atoms with Gasteiger partial charge in [0, 0.05) is 40.1 Å². The first kappa shape index (κ1) is 13.6. The average Bonchev–Trinajstić information content (AvgIpc) is 2.23. The predicted molar refractivity (Wildman–Crippen MR) is 69.2 cm³/mol. The molecule has 94 valence electrons. The Bertz CT molecular complexity index is 428. The molecule has 0 saturated heterocycles. The minimum atomic E-state index is -0.944. The summed E-state index contributed by atoms with van der Waals surface area (Å²) in [7, 11) is -0.944. The highest BCUT2D eigenvalue weighted by Crippen LogP contribution is 2.06. The van der Waals surface area contributed by atoms with E-state index in [1.165, 1.54) is 6.07 Å². The van der Waals surface area contributed by atoms with Gasteiger partial charge >= 0.3 is 0 Å². The molecule has 5 nitrogen and oxygen atoms in total. The number of hydrogen-bond acceptors (Lipinski definition) is 4. The summed E-state index contributed by atoms with van der Waals surface area (Å²) >= 11 is 0. The minimum absolute atomic E-state index is 0.0702. The summed E-state index contributed by atoms with van der Waals surface area (Å²) < 4.78 is 11.1. The first-order chi connectivity index (χ1) is 7.90. The van der Waals surface area contributed by atoms with Gasteiger partial charge in [-0.3, -0.25) is 9.00 Å². The molecule has 0 spiro atoms. The second kappa shape index (κ2) is 5.77. The van der Waals surface area contributed by atoms with Gasteiger partial charge in [-0.25, -0.2) is 4.98 Å². The third-order valence-corrected chi connectivity index (χ3v) is 3.65. The van der Waals surface area contributed by atoms with Crippen molar-refractivity contribution in [2.24, 2.45) is 0 Å². The maximum Gasteiger partial charge on any atom is 0.251 e. The Labute approximate surface area is 103 Å². The lowest BCUT2D eigenvalue weighted by Gasteiger charge is -2.10. The fourth-order valence-corrected chi connectivity index (χ4v) is 1.60. The number of carbonyl (C=O) groups excluding carboxylic acids is 1. The van der Waals surface area contributed by atoms with Gasteiger partial charge in [0.25, 0.3) is 5.91 Å². The molecule has 2 unspecified atom stereocenters. The van der Waals surface area contributed by atoms with Gasteiger partial charge < -0.3 is 11.1 Å². The Morgan fingerprint density at radius 2 is 2.24 bits per heavy atom. The van der Waals surface area contributed by atoms with Crippen molar-refractivity contribution >= 4 is 22.5 Å². The molecule has 1 heterocycles. The van der Waals surface area contributed by atoms with Crippen LogP contribution in [0.4, 0.5) is 5.82 Å². The average molecular weight is 255 g/mol. The van der Waals surface area contributed by atoms with E-state index in [9.17, 15) is 9.00 Å². The third-order valence-electron chi connectivity index (χ3n) is 2.35. The van der Waals surface area contributed by atoms with Gasteiger partial charge in [0.1, 0.15) is 5.82 Å². The highest BCUT2D eigenvalue weighted by Gasteiger charge is 2.11. The van der Waals surface area contributed by atoms with E-state index < -0.39 is 10.8 Å². The summed E-state index contributed by atoms with van der Waals surface area (Å²) in [4.78, 5) is 15.8. The van der Waals surface area contributed by atoms with Crippen LogP contribution in [0.3, 0.4) is 0 Å². The van der Waals surface area contributed by atoms with Crippen LogP contribution in [0.25, 0.3) is 0 Å². The number of aryl methyl sites for hydroxylation is 1. The fourth-order valence-electron chi connectivity index (χ4n) is 1.28. The van der Waals surface area contributed by atoms with Crippen molar-refractivity contribution in [1.29, 1.82) is 0 Å². The molecule has 0 aliphatic carbocycles. The number of hydrogen-bond donors (Lipinski definition) is 2. The number of carbonyl (C=O) groups is 1. The third kappa shape index (κ3) is 4.14. The molecule has 0 radical (unpaired) electrons. The SMILES string of the molecule is Cc1cc(C(=O)NCC(C)S(C)=O)cc(N)n1. The van der Waals surface area contributed by atoms with Crippen molar-refractivity contribution in [3.63, 3.8) is 0 Å². The first-order valence-corrected chi connectivity index (χ1v) is 6.87. The van der Waals surface area contributed by atoms with Crippen LogP contribution in [0.15, 0.2) is 12.1 Å². The molecule has 0 aliphatic rings. The predicted octanol–water partition coefficient (Wildman–Crippen LogP) is 0.469. The second-order valence-electron chi connectivity index (χ2n) is 3.94. The van der Waals surface area contributed by atoms with Gasteiger partial charge in [0.05, 0.1) is 0 Å². The van der Waals surface area contributed by atoms with E-state index in [0.29, 0.717) is 23.6 Å². The van der Waals surface area contributed by atoms with E-state index in [2.05, 4.69) is 10.3 Å². The topological polar surface area (TPSA) is 85.1 Å². The molecule has 0 aromatic carbocycles. The number of nitrogen functional groups attached to an aromatic ring is 1. The van der Waals surface area contributed by atoms with Crippen LogP contribution in [-0.4, -0.2) is 33.2 Å². The van der Waals surface area contributed by atoms with Gasteiger partial charge in [0.2, 0.25) is 0 Å². The molecule has 1 rings (SSSR count). The Kier molecular flexibility index (Phi) is 4.62. The van der Waals surface area contributed by atoms with Gasteiger partial charge in [0.15, 0.2) is 0 Å². The summed E-state index contributed by atoms with van der Waals surface area (Å²) in [5, 5.41) is 2.65. The molecule has 17 heavy (non-hydrogen) atoms.